The van der Waals surface area contributed by atoms with Crippen molar-refractivity contribution in [2.24, 2.45) is 5.92 Å². The van der Waals surface area contributed by atoms with Crippen LogP contribution in [0.2, 0.25) is 0 Å². The van der Waals surface area contributed by atoms with Crippen LogP contribution >= 0.6 is 0 Å². The third kappa shape index (κ3) is 4.47. The number of anilines is 1. The number of carbonyl (C=O) groups is 1. The summed E-state index contributed by atoms with van der Waals surface area (Å²) in [4.78, 5) is 20.2. The van der Waals surface area contributed by atoms with Crippen molar-refractivity contribution in [2.75, 3.05) is 11.9 Å². The number of aromatic nitrogens is 2. The standard InChI is InChI=1S/C15H24N4O/c1-11(2)7-8-16-15(20)13-9-14(18-10-17-13)19-12-5-3-4-6-12/h9-12H,3-8H2,1-2H3,(H,16,20)(H,17,18,19). The minimum atomic E-state index is -0.123. The van der Waals surface area contributed by atoms with Crippen LogP contribution in [0.3, 0.4) is 0 Å². The van der Waals surface area contributed by atoms with Crippen LogP contribution < -0.4 is 10.6 Å². The van der Waals surface area contributed by atoms with Crippen molar-refractivity contribution < 1.29 is 4.79 Å². The van der Waals surface area contributed by atoms with Gasteiger partial charge in [0.25, 0.3) is 5.91 Å². The van der Waals surface area contributed by atoms with Crippen molar-refractivity contribution >= 4 is 11.7 Å². The molecule has 0 unspecified atom stereocenters. The third-order valence-electron chi connectivity index (χ3n) is 3.61. The Morgan fingerprint density at radius 2 is 2.10 bits per heavy atom. The normalized spacial score (nSPS) is 15.6. The highest BCUT2D eigenvalue weighted by atomic mass is 16.1. The Morgan fingerprint density at radius 1 is 1.35 bits per heavy atom. The van der Waals surface area contributed by atoms with Crippen molar-refractivity contribution in [3.8, 4) is 0 Å². The number of rotatable bonds is 6. The molecule has 0 bridgehead atoms. The van der Waals surface area contributed by atoms with Gasteiger partial charge in [0, 0.05) is 18.7 Å². The van der Waals surface area contributed by atoms with E-state index in [2.05, 4.69) is 34.4 Å². The Kier molecular flexibility index (Phi) is 5.32. The third-order valence-corrected chi connectivity index (χ3v) is 3.61. The summed E-state index contributed by atoms with van der Waals surface area (Å²) in [6, 6.07) is 2.23. The zero-order valence-corrected chi connectivity index (χ0v) is 12.4. The monoisotopic (exact) mass is 276 g/mol. The summed E-state index contributed by atoms with van der Waals surface area (Å²) in [5.41, 5.74) is 0.434. The molecule has 1 aromatic rings. The molecule has 1 fully saturated rings. The first kappa shape index (κ1) is 14.8. The van der Waals surface area contributed by atoms with Crippen LogP contribution in [0.15, 0.2) is 12.4 Å². The quantitative estimate of drug-likeness (QED) is 0.838. The molecule has 0 spiro atoms. The maximum Gasteiger partial charge on any atom is 0.270 e. The average Bonchev–Trinajstić information content (AvgIpc) is 2.91. The van der Waals surface area contributed by atoms with Gasteiger partial charge >= 0.3 is 0 Å². The first-order valence-corrected chi connectivity index (χ1v) is 7.52. The van der Waals surface area contributed by atoms with E-state index < -0.39 is 0 Å². The molecule has 1 heterocycles. The van der Waals surface area contributed by atoms with E-state index in [1.54, 1.807) is 6.07 Å². The molecule has 5 heteroatoms. The molecule has 0 saturated heterocycles. The fourth-order valence-corrected chi connectivity index (χ4v) is 2.40. The molecule has 1 aromatic heterocycles. The number of carbonyl (C=O) groups excluding carboxylic acids is 1. The lowest BCUT2D eigenvalue weighted by atomic mass is 10.1. The smallest absolute Gasteiger partial charge is 0.270 e. The molecule has 1 aliphatic carbocycles. The van der Waals surface area contributed by atoms with Gasteiger partial charge < -0.3 is 10.6 Å². The van der Waals surface area contributed by atoms with Gasteiger partial charge in [-0.3, -0.25) is 4.79 Å². The average molecular weight is 276 g/mol. The fourth-order valence-electron chi connectivity index (χ4n) is 2.40. The van der Waals surface area contributed by atoms with Crippen LogP contribution in [0.25, 0.3) is 0 Å². The van der Waals surface area contributed by atoms with E-state index in [0.717, 1.165) is 12.2 Å². The van der Waals surface area contributed by atoms with E-state index in [4.69, 9.17) is 0 Å². The Morgan fingerprint density at radius 3 is 2.80 bits per heavy atom. The van der Waals surface area contributed by atoms with E-state index in [9.17, 15) is 4.79 Å². The highest BCUT2D eigenvalue weighted by Gasteiger charge is 2.16. The van der Waals surface area contributed by atoms with E-state index >= 15 is 0 Å². The summed E-state index contributed by atoms with van der Waals surface area (Å²) in [6.07, 6.45) is 7.33. The van der Waals surface area contributed by atoms with Crippen LogP contribution in [0, 0.1) is 5.92 Å². The first-order valence-electron chi connectivity index (χ1n) is 7.52. The predicted molar refractivity (Wildman–Crippen MR) is 79.7 cm³/mol. The summed E-state index contributed by atoms with van der Waals surface area (Å²) >= 11 is 0. The summed E-state index contributed by atoms with van der Waals surface area (Å²) in [7, 11) is 0. The number of hydrogen-bond donors (Lipinski definition) is 2. The molecule has 2 rings (SSSR count). The first-order chi connectivity index (χ1) is 9.65. The topological polar surface area (TPSA) is 66.9 Å². The maximum absolute atomic E-state index is 12.0. The number of hydrogen-bond acceptors (Lipinski definition) is 4. The lowest BCUT2D eigenvalue weighted by molar-refractivity contribution is 0.0947. The Labute approximate surface area is 120 Å². The second-order valence-corrected chi connectivity index (χ2v) is 5.85. The highest BCUT2D eigenvalue weighted by molar-refractivity contribution is 5.92. The van der Waals surface area contributed by atoms with Gasteiger partial charge in [0.1, 0.15) is 17.8 Å². The van der Waals surface area contributed by atoms with E-state index in [0.29, 0.717) is 24.2 Å². The van der Waals surface area contributed by atoms with Gasteiger partial charge in [-0.15, -0.1) is 0 Å². The summed E-state index contributed by atoms with van der Waals surface area (Å²) in [6.45, 7) is 4.97. The molecule has 20 heavy (non-hydrogen) atoms. The van der Waals surface area contributed by atoms with Crippen molar-refractivity contribution in [1.29, 1.82) is 0 Å². The van der Waals surface area contributed by atoms with Gasteiger partial charge in [-0.25, -0.2) is 9.97 Å². The van der Waals surface area contributed by atoms with E-state index in [1.807, 2.05) is 0 Å². The molecule has 0 aliphatic heterocycles. The van der Waals surface area contributed by atoms with Crippen LogP contribution in [0.1, 0.15) is 56.4 Å². The second-order valence-electron chi connectivity index (χ2n) is 5.85. The van der Waals surface area contributed by atoms with Gasteiger partial charge in [-0.2, -0.15) is 0 Å². The number of nitrogens with one attached hydrogen (secondary N) is 2. The second kappa shape index (κ2) is 7.22. The zero-order chi connectivity index (χ0) is 14.4. The molecular weight excluding hydrogens is 252 g/mol. The Bertz CT molecular complexity index is 441. The number of nitrogens with zero attached hydrogens (tertiary/aromatic N) is 2. The highest BCUT2D eigenvalue weighted by Crippen LogP contribution is 2.21. The maximum atomic E-state index is 12.0. The van der Waals surface area contributed by atoms with Gasteiger partial charge in [-0.1, -0.05) is 26.7 Å². The SMILES string of the molecule is CC(C)CCNC(=O)c1cc(NC2CCCC2)ncn1. The van der Waals surface area contributed by atoms with Crippen LogP contribution in [0.4, 0.5) is 5.82 Å². The van der Waals surface area contributed by atoms with Gasteiger partial charge in [-0.05, 0) is 25.2 Å². The Hall–Kier alpha value is -1.65. The van der Waals surface area contributed by atoms with Gasteiger partial charge in [0.05, 0.1) is 0 Å². The van der Waals surface area contributed by atoms with Crippen LogP contribution in [-0.2, 0) is 0 Å². The molecule has 1 aliphatic rings. The van der Waals surface area contributed by atoms with Crippen molar-refractivity contribution in [1.82, 2.24) is 15.3 Å². The van der Waals surface area contributed by atoms with Gasteiger partial charge in [0.15, 0.2) is 0 Å². The summed E-state index contributed by atoms with van der Waals surface area (Å²) in [5, 5.41) is 6.27. The molecule has 110 valence electrons. The van der Waals surface area contributed by atoms with Crippen LogP contribution in [-0.4, -0.2) is 28.5 Å². The van der Waals surface area contributed by atoms with Gasteiger partial charge in [0.2, 0.25) is 0 Å². The molecule has 1 amide bonds. The van der Waals surface area contributed by atoms with E-state index in [-0.39, 0.29) is 5.91 Å². The minimum absolute atomic E-state index is 0.123. The molecule has 1 saturated carbocycles. The largest absolute Gasteiger partial charge is 0.367 e. The fraction of sp³-hybridized carbons (Fsp3) is 0.667. The lowest BCUT2D eigenvalue weighted by Gasteiger charge is -2.13. The molecule has 0 radical (unpaired) electrons. The van der Waals surface area contributed by atoms with E-state index in [1.165, 1.54) is 32.0 Å². The molecule has 0 aromatic carbocycles. The molecule has 2 N–H and O–H groups in total. The molecule has 5 nitrogen and oxygen atoms in total. The van der Waals surface area contributed by atoms with Crippen LogP contribution in [0.5, 0.6) is 0 Å². The lowest BCUT2D eigenvalue weighted by Crippen LogP contribution is -2.26. The number of amides is 1. The Balaban J connectivity index is 1.89. The van der Waals surface area contributed by atoms with Crippen molar-refractivity contribution in [2.45, 2.75) is 52.0 Å². The summed E-state index contributed by atoms with van der Waals surface area (Å²) < 4.78 is 0. The minimum Gasteiger partial charge on any atom is -0.367 e. The molecular formula is C15H24N4O. The summed E-state index contributed by atoms with van der Waals surface area (Å²) in [5.74, 6) is 1.21. The molecule has 0 atom stereocenters. The van der Waals surface area contributed by atoms with Crippen molar-refractivity contribution in [3.05, 3.63) is 18.1 Å². The zero-order valence-electron chi connectivity index (χ0n) is 12.4. The van der Waals surface area contributed by atoms with Crippen molar-refractivity contribution in [3.63, 3.8) is 0 Å². The predicted octanol–water partition coefficient (Wildman–Crippen LogP) is 2.61.